The fraction of sp³-hybridized carbons (Fsp3) is 0.889. The van der Waals surface area contributed by atoms with Crippen molar-refractivity contribution < 1.29 is 22.8 Å². The minimum absolute atomic E-state index is 0.0196. The van der Waals surface area contributed by atoms with E-state index in [1.807, 2.05) is 10.2 Å². The molecule has 0 aliphatic rings. The fourth-order valence-electron chi connectivity index (χ4n) is 2.62. The van der Waals surface area contributed by atoms with Crippen LogP contribution in [-0.2, 0) is 22.8 Å². The first kappa shape index (κ1) is 36.5. The Morgan fingerprint density at radius 3 is 1.61 bits per heavy atom. The van der Waals surface area contributed by atoms with Gasteiger partial charge in [0.15, 0.2) is 25.0 Å². The third-order valence-electron chi connectivity index (χ3n) is 8.31. The Labute approximate surface area is 240 Å². The molecule has 36 heavy (non-hydrogen) atoms. The molecule has 0 rings (SSSR count). The Hall–Kier alpha value is 0.471. The van der Waals surface area contributed by atoms with E-state index in [1.165, 1.54) is 0 Å². The van der Waals surface area contributed by atoms with Crippen LogP contribution in [0.15, 0.2) is 10.2 Å². The molecule has 214 valence electrons. The monoisotopic (exact) mass is 672 g/mol. The van der Waals surface area contributed by atoms with Crippen molar-refractivity contribution in [3.63, 3.8) is 0 Å². The van der Waals surface area contributed by atoms with Crippen LogP contribution in [0.3, 0.4) is 0 Å². The number of rotatable bonds is 13. The Morgan fingerprint density at radius 1 is 0.750 bits per heavy atom. The second kappa shape index (κ2) is 13.7. The van der Waals surface area contributed by atoms with Gasteiger partial charge in [-0.1, -0.05) is 84.9 Å². The average molecular weight is 673 g/mol. The summed E-state index contributed by atoms with van der Waals surface area (Å²) in [5.74, 6) is -0.239. The number of esters is 1. The maximum atomic E-state index is 13.0. The van der Waals surface area contributed by atoms with Gasteiger partial charge in [0.1, 0.15) is 0 Å². The largest absolute Gasteiger partial charge is 0.466 e. The molecule has 0 aromatic heterocycles. The Morgan fingerprint density at radius 2 is 1.19 bits per heavy atom. The van der Waals surface area contributed by atoms with Crippen LogP contribution >= 0.6 is 22.6 Å². The molecule has 0 aliphatic carbocycles. The molecule has 2 atom stereocenters. The van der Waals surface area contributed by atoms with Crippen molar-refractivity contribution in [1.29, 1.82) is 0 Å². The van der Waals surface area contributed by atoms with E-state index in [0.29, 0.717) is 19.6 Å². The third kappa shape index (κ3) is 11.7. The first-order valence-electron chi connectivity index (χ1n) is 13.3. The molecule has 0 fully saturated rings. The maximum absolute atomic E-state index is 13.0. The van der Waals surface area contributed by atoms with Crippen LogP contribution in [0.2, 0.25) is 54.4 Å². The van der Waals surface area contributed by atoms with Gasteiger partial charge in [0.25, 0.3) is 0 Å². The lowest BCUT2D eigenvalue weighted by Crippen LogP contribution is -2.52. The highest BCUT2D eigenvalue weighted by atomic mass is 127. The highest BCUT2D eigenvalue weighted by molar-refractivity contribution is 14.1. The second-order valence-electron chi connectivity index (χ2n) is 14.5. The quantitative estimate of drug-likeness (QED) is 0.0846. The molecule has 5 nitrogen and oxygen atoms in total. The van der Waals surface area contributed by atoms with Crippen molar-refractivity contribution >= 4 is 53.5 Å². The summed E-state index contributed by atoms with van der Waals surface area (Å²) in [4.78, 5) is 13.0. The molecular formula is C27H57IO5Si3. The lowest BCUT2D eigenvalue weighted by Gasteiger charge is -2.44. The van der Waals surface area contributed by atoms with E-state index in [1.54, 1.807) is 0 Å². The van der Waals surface area contributed by atoms with Gasteiger partial charge in [-0.3, -0.25) is 4.79 Å². The molecule has 0 heterocycles. The van der Waals surface area contributed by atoms with Crippen LogP contribution in [0.25, 0.3) is 0 Å². The van der Waals surface area contributed by atoms with Gasteiger partial charge in [-0.15, -0.1) is 0 Å². The molecule has 0 saturated heterocycles. The molecule has 0 spiro atoms. The zero-order chi connectivity index (χ0) is 28.8. The Kier molecular flexibility index (Phi) is 13.9. The van der Waals surface area contributed by atoms with Crippen molar-refractivity contribution in [3.05, 3.63) is 10.2 Å². The average Bonchev–Trinajstić information content (AvgIpc) is 2.63. The normalized spacial score (nSPS) is 16.3. The summed E-state index contributed by atoms with van der Waals surface area (Å²) in [6, 6.07) is 0. The van der Waals surface area contributed by atoms with E-state index in [9.17, 15) is 4.79 Å². The van der Waals surface area contributed by atoms with Crippen molar-refractivity contribution in [2.24, 2.45) is 0 Å². The van der Waals surface area contributed by atoms with Crippen LogP contribution in [0, 0.1) is 0 Å². The van der Waals surface area contributed by atoms with Gasteiger partial charge >= 0.3 is 5.97 Å². The minimum Gasteiger partial charge on any atom is -0.466 e. The van der Waals surface area contributed by atoms with Crippen LogP contribution in [0.1, 0.15) is 75.2 Å². The molecule has 0 N–H and O–H groups in total. The van der Waals surface area contributed by atoms with Gasteiger partial charge in [0, 0.05) is 13.0 Å². The van der Waals surface area contributed by atoms with Crippen molar-refractivity contribution in [2.75, 3.05) is 13.2 Å². The van der Waals surface area contributed by atoms with Crippen LogP contribution in [-0.4, -0.2) is 56.3 Å². The molecule has 0 radical (unpaired) electrons. The molecule has 0 bridgehead atoms. The lowest BCUT2D eigenvalue weighted by atomic mass is 10.1. The van der Waals surface area contributed by atoms with Crippen molar-refractivity contribution in [1.82, 2.24) is 0 Å². The standard InChI is InChI=1S/C27H57IO5Si3/c1-25(2,3)34(10,11)31-20-16-19-30-24(29)21-23(33-36(14,15)27(7,8)9)22(17-18-28)32-35(12,13)26(4,5)6/h17-18,22-23H,16,19-21H2,1-15H3/b18-17+/t22-,23-/m0/s1. The van der Waals surface area contributed by atoms with Gasteiger partial charge in [-0.05, 0) is 64.6 Å². The van der Waals surface area contributed by atoms with E-state index in [2.05, 4.69) is 124 Å². The highest BCUT2D eigenvalue weighted by Gasteiger charge is 2.45. The van der Waals surface area contributed by atoms with E-state index in [4.69, 9.17) is 18.0 Å². The summed E-state index contributed by atoms with van der Waals surface area (Å²) in [5.41, 5.74) is 0. The van der Waals surface area contributed by atoms with Crippen molar-refractivity contribution in [2.45, 2.75) is 142 Å². The van der Waals surface area contributed by atoms with Crippen molar-refractivity contribution in [3.8, 4) is 0 Å². The number of hydrogen-bond acceptors (Lipinski definition) is 5. The van der Waals surface area contributed by atoms with E-state index >= 15 is 0 Å². The predicted molar refractivity (Wildman–Crippen MR) is 171 cm³/mol. The molecule has 0 unspecified atom stereocenters. The van der Waals surface area contributed by atoms with Gasteiger partial charge in [0.2, 0.25) is 0 Å². The summed E-state index contributed by atoms with van der Waals surface area (Å²) in [5, 5.41) is 0.242. The number of carbonyl (C=O) groups excluding carboxylic acids is 1. The fourth-order valence-corrected chi connectivity index (χ4v) is 6.71. The zero-order valence-corrected chi connectivity index (χ0v) is 31.2. The smallest absolute Gasteiger partial charge is 0.308 e. The molecule has 0 aromatic rings. The first-order valence-corrected chi connectivity index (χ1v) is 23.3. The summed E-state index contributed by atoms with van der Waals surface area (Å²) in [7, 11) is -6.04. The van der Waals surface area contributed by atoms with E-state index in [-0.39, 0.29) is 39.7 Å². The minimum atomic E-state index is -2.15. The summed E-state index contributed by atoms with van der Waals surface area (Å²) < 4.78 is 27.5. The summed E-state index contributed by atoms with van der Waals surface area (Å²) in [6.07, 6.45) is 2.23. The van der Waals surface area contributed by atoms with Gasteiger partial charge < -0.3 is 18.0 Å². The number of hydrogen-bond donors (Lipinski definition) is 0. The van der Waals surface area contributed by atoms with E-state index in [0.717, 1.165) is 0 Å². The summed E-state index contributed by atoms with van der Waals surface area (Å²) in [6.45, 7) is 34.4. The summed E-state index contributed by atoms with van der Waals surface area (Å²) >= 11 is 2.22. The molecule has 0 aliphatic heterocycles. The van der Waals surface area contributed by atoms with Gasteiger partial charge in [-0.2, -0.15) is 0 Å². The molecule has 0 aromatic carbocycles. The first-order chi connectivity index (χ1) is 15.9. The topological polar surface area (TPSA) is 54.0 Å². The van der Waals surface area contributed by atoms with Crippen LogP contribution in [0.4, 0.5) is 0 Å². The number of carbonyl (C=O) groups is 1. The van der Waals surface area contributed by atoms with Gasteiger partial charge in [-0.25, -0.2) is 0 Å². The highest BCUT2D eigenvalue weighted by Crippen LogP contribution is 2.41. The number of halogens is 1. The lowest BCUT2D eigenvalue weighted by molar-refractivity contribution is -0.147. The Balaban J connectivity index is 5.51. The number of ether oxygens (including phenoxy) is 1. The van der Waals surface area contributed by atoms with Gasteiger partial charge in [0.05, 0.1) is 25.2 Å². The third-order valence-corrected chi connectivity index (χ3v) is 22.2. The van der Waals surface area contributed by atoms with Crippen LogP contribution in [0.5, 0.6) is 0 Å². The SMILES string of the molecule is CC(C)(C)[Si](C)(C)OCCCOC(=O)C[C@H](O[Si](C)(C)C(C)(C)C)[C@H](/C=C/I)O[Si](C)(C)C(C)(C)C. The molecular weight excluding hydrogens is 615 g/mol. The molecule has 0 amide bonds. The molecule has 0 saturated carbocycles. The maximum Gasteiger partial charge on any atom is 0.308 e. The van der Waals surface area contributed by atoms with Crippen LogP contribution < -0.4 is 0 Å². The zero-order valence-electron chi connectivity index (χ0n) is 26.1. The Bertz CT molecular complexity index is 716. The molecule has 9 heteroatoms. The predicted octanol–water partition coefficient (Wildman–Crippen LogP) is 9.06. The van der Waals surface area contributed by atoms with E-state index < -0.39 is 25.0 Å². The second-order valence-corrected chi connectivity index (χ2v) is 29.5.